The number of nitrogens with zero attached hydrogens (tertiary/aromatic N) is 1. The van der Waals surface area contributed by atoms with Crippen LogP contribution in [0.3, 0.4) is 0 Å². The minimum atomic E-state index is 0.459. The van der Waals surface area contributed by atoms with Crippen molar-refractivity contribution in [3.63, 3.8) is 0 Å². The van der Waals surface area contributed by atoms with Crippen LogP contribution < -0.4 is 5.32 Å². The standard InChI is InChI=1S/C14H28N2/c1-11(2)15-10-12-6-7-13(12)16-9-5-8-14(16,3)4/h11-13,15H,5-10H2,1-4H3. The topological polar surface area (TPSA) is 15.3 Å². The van der Waals surface area contributed by atoms with Crippen LogP contribution in [0.1, 0.15) is 53.4 Å². The van der Waals surface area contributed by atoms with Gasteiger partial charge in [-0.05, 0) is 58.5 Å². The molecule has 0 aromatic rings. The first-order valence-electron chi connectivity index (χ1n) is 7.01. The summed E-state index contributed by atoms with van der Waals surface area (Å²) in [7, 11) is 0. The van der Waals surface area contributed by atoms with Crippen LogP contribution in [0.25, 0.3) is 0 Å². The van der Waals surface area contributed by atoms with Crippen molar-refractivity contribution in [3.8, 4) is 0 Å². The van der Waals surface area contributed by atoms with E-state index in [9.17, 15) is 0 Å². The van der Waals surface area contributed by atoms with Crippen molar-refractivity contribution in [2.24, 2.45) is 5.92 Å². The van der Waals surface area contributed by atoms with E-state index >= 15 is 0 Å². The van der Waals surface area contributed by atoms with E-state index in [1.165, 1.54) is 38.8 Å². The van der Waals surface area contributed by atoms with Crippen molar-refractivity contribution in [3.05, 3.63) is 0 Å². The number of nitrogens with one attached hydrogen (secondary N) is 1. The fourth-order valence-corrected chi connectivity index (χ4v) is 3.33. The largest absolute Gasteiger partial charge is 0.314 e. The van der Waals surface area contributed by atoms with Crippen LogP contribution in [0.15, 0.2) is 0 Å². The molecule has 1 saturated carbocycles. The van der Waals surface area contributed by atoms with Crippen molar-refractivity contribution < 1.29 is 0 Å². The van der Waals surface area contributed by atoms with Crippen LogP contribution in [0.5, 0.6) is 0 Å². The SMILES string of the molecule is CC(C)NCC1CCC1N1CCCC1(C)C. The van der Waals surface area contributed by atoms with E-state index in [1.807, 2.05) is 0 Å². The summed E-state index contributed by atoms with van der Waals surface area (Å²) < 4.78 is 0. The molecule has 16 heavy (non-hydrogen) atoms. The Balaban J connectivity index is 1.86. The predicted molar refractivity (Wildman–Crippen MR) is 69.7 cm³/mol. The van der Waals surface area contributed by atoms with Gasteiger partial charge in [0.2, 0.25) is 0 Å². The summed E-state index contributed by atoms with van der Waals surface area (Å²) in [6, 6.07) is 1.50. The fraction of sp³-hybridized carbons (Fsp3) is 1.00. The van der Waals surface area contributed by atoms with Gasteiger partial charge in [-0.15, -0.1) is 0 Å². The van der Waals surface area contributed by atoms with Gasteiger partial charge in [0.1, 0.15) is 0 Å². The van der Waals surface area contributed by atoms with Crippen molar-refractivity contribution in [2.75, 3.05) is 13.1 Å². The lowest BCUT2D eigenvalue weighted by atomic mass is 9.77. The molecule has 0 aromatic carbocycles. The molecule has 0 aromatic heterocycles. The molecule has 0 radical (unpaired) electrons. The lowest BCUT2D eigenvalue weighted by molar-refractivity contribution is 0.0170. The molecule has 1 saturated heterocycles. The van der Waals surface area contributed by atoms with E-state index in [1.54, 1.807) is 0 Å². The van der Waals surface area contributed by atoms with E-state index in [4.69, 9.17) is 0 Å². The smallest absolute Gasteiger partial charge is 0.0156 e. The third-order valence-electron chi connectivity index (χ3n) is 4.53. The molecule has 2 unspecified atom stereocenters. The second-order valence-electron chi connectivity index (χ2n) is 6.58. The third-order valence-corrected chi connectivity index (χ3v) is 4.53. The average Bonchev–Trinajstić information content (AvgIpc) is 2.44. The quantitative estimate of drug-likeness (QED) is 0.790. The molecule has 1 N–H and O–H groups in total. The maximum Gasteiger partial charge on any atom is 0.0156 e. The van der Waals surface area contributed by atoms with Gasteiger partial charge in [0.05, 0.1) is 0 Å². The molecule has 0 spiro atoms. The van der Waals surface area contributed by atoms with Crippen molar-refractivity contribution in [2.45, 2.75) is 71.0 Å². The Labute approximate surface area is 101 Å². The molecule has 1 aliphatic heterocycles. The molecule has 2 heteroatoms. The van der Waals surface area contributed by atoms with E-state index in [0.717, 1.165) is 12.0 Å². The van der Waals surface area contributed by atoms with Crippen molar-refractivity contribution in [1.29, 1.82) is 0 Å². The summed E-state index contributed by atoms with van der Waals surface area (Å²) in [6.45, 7) is 11.9. The summed E-state index contributed by atoms with van der Waals surface area (Å²) >= 11 is 0. The zero-order chi connectivity index (χ0) is 11.8. The zero-order valence-electron chi connectivity index (χ0n) is 11.4. The van der Waals surface area contributed by atoms with Gasteiger partial charge in [-0.25, -0.2) is 0 Å². The van der Waals surface area contributed by atoms with Crippen LogP contribution in [0, 0.1) is 5.92 Å². The number of hydrogen-bond acceptors (Lipinski definition) is 2. The van der Waals surface area contributed by atoms with Gasteiger partial charge in [0, 0.05) is 17.6 Å². The highest BCUT2D eigenvalue weighted by Gasteiger charge is 2.43. The maximum atomic E-state index is 3.60. The second-order valence-corrected chi connectivity index (χ2v) is 6.58. The van der Waals surface area contributed by atoms with E-state index in [2.05, 4.69) is 37.9 Å². The Morgan fingerprint density at radius 2 is 2.06 bits per heavy atom. The Kier molecular flexibility index (Phi) is 3.60. The Morgan fingerprint density at radius 3 is 2.50 bits per heavy atom. The molecule has 94 valence electrons. The van der Waals surface area contributed by atoms with Gasteiger partial charge in [0.15, 0.2) is 0 Å². The summed E-state index contributed by atoms with van der Waals surface area (Å²) in [5, 5.41) is 3.60. The van der Waals surface area contributed by atoms with Crippen LogP contribution in [0.2, 0.25) is 0 Å². The third kappa shape index (κ3) is 2.43. The van der Waals surface area contributed by atoms with Gasteiger partial charge in [-0.3, -0.25) is 4.90 Å². The van der Waals surface area contributed by atoms with Crippen LogP contribution in [-0.4, -0.2) is 35.6 Å². The molecule has 0 amide bonds. The lowest BCUT2D eigenvalue weighted by Gasteiger charge is -2.48. The summed E-state index contributed by atoms with van der Waals surface area (Å²) in [5.41, 5.74) is 0.459. The molecule has 2 rings (SSSR count). The fourth-order valence-electron chi connectivity index (χ4n) is 3.33. The van der Waals surface area contributed by atoms with Crippen molar-refractivity contribution >= 4 is 0 Å². The highest BCUT2D eigenvalue weighted by Crippen LogP contribution is 2.40. The lowest BCUT2D eigenvalue weighted by Crippen LogP contribution is -2.55. The summed E-state index contributed by atoms with van der Waals surface area (Å²) in [4.78, 5) is 2.78. The minimum absolute atomic E-state index is 0.459. The minimum Gasteiger partial charge on any atom is -0.314 e. The summed E-state index contributed by atoms with van der Waals surface area (Å²) in [6.07, 6.45) is 5.63. The molecule has 1 heterocycles. The average molecular weight is 224 g/mol. The number of rotatable bonds is 4. The molecule has 2 aliphatic rings. The molecule has 0 bridgehead atoms. The number of likely N-dealkylation sites (tertiary alicyclic amines) is 1. The highest BCUT2D eigenvalue weighted by atomic mass is 15.2. The highest BCUT2D eigenvalue weighted by molar-refractivity contribution is 4.99. The molecule has 2 atom stereocenters. The first-order valence-corrected chi connectivity index (χ1v) is 7.01. The van der Waals surface area contributed by atoms with Gasteiger partial charge < -0.3 is 5.32 Å². The van der Waals surface area contributed by atoms with E-state index < -0.39 is 0 Å². The first kappa shape index (κ1) is 12.4. The van der Waals surface area contributed by atoms with Gasteiger partial charge >= 0.3 is 0 Å². The number of hydrogen-bond donors (Lipinski definition) is 1. The Bertz CT molecular complexity index is 235. The molecule has 2 nitrogen and oxygen atoms in total. The Hall–Kier alpha value is -0.0800. The van der Waals surface area contributed by atoms with Gasteiger partial charge in [-0.2, -0.15) is 0 Å². The first-order chi connectivity index (χ1) is 7.50. The van der Waals surface area contributed by atoms with Crippen molar-refractivity contribution in [1.82, 2.24) is 10.2 Å². The van der Waals surface area contributed by atoms with Gasteiger partial charge in [0.25, 0.3) is 0 Å². The van der Waals surface area contributed by atoms with Crippen LogP contribution in [-0.2, 0) is 0 Å². The van der Waals surface area contributed by atoms with Crippen LogP contribution in [0.4, 0.5) is 0 Å². The normalized spacial score (nSPS) is 34.3. The zero-order valence-corrected chi connectivity index (χ0v) is 11.4. The molecule has 1 aliphatic carbocycles. The maximum absolute atomic E-state index is 3.60. The Morgan fingerprint density at radius 1 is 1.31 bits per heavy atom. The predicted octanol–water partition coefficient (Wildman–Crippen LogP) is 2.64. The van der Waals surface area contributed by atoms with E-state index in [0.29, 0.717) is 11.6 Å². The summed E-state index contributed by atoms with van der Waals surface area (Å²) in [5.74, 6) is 0.903. The van der Waals surface area contributed by atoms with Gasteiger partial charge in [-0.1, -0.05) is 13.8 Å². The van der Waals surface area contributed by atoms with Crippen LogP contribution >= 0.6 is 0 Å². The monoisotopic (exact) mass is 224 g/mol. The molecule has 2 fully saturated rings. The van der Waals surface area contributed by atoms with E-state index in [-0.39, 0.29) is 0 Å². The molecular weight excluding hydrogens is 196 g/mol. The second kappa shape index (κ2) is 4.66. The molecular formula is C14H28N2.